The van der Waals surface area contributed by atoms with Gasteiger partial charge in [0.1, 0.15) is 11.6 Å². The zero-order valence-electron chi connectivity index (χ0n) is 20.0. The number of pyridine rings is 2. The van der Waals surface area contributed by atoms with Gasteiger partial charge < -0.3 is 14.7 Å². The Morgan fingerprint density at radius 2 is 1.89 bits per heavy atom. The van der Waals surface area contributed by atoms with Gasteiger partial charge in [-0.3, -0.25) is 4.79 Å². The number of hydrogen-bond donors (Lipinski definition) is 2. The van der Waals surface area contributed by atoms with Crippen LogP contribution in [0.3, 0.4) is 0 Å². The van der Waals surface area contributed by atoms with Crippen molar-refractivity contribution < 1.29 is 23.1 Å². The molecule has 190 valence electrons. The van der Waals surface area contributed by atoms with Gasteiger partial charge in [0.15, 0.2) is 0 Å². The minimum absolute atomic E-state index is 0.101. The van der Waals surface area contributed by atoms with Gasteiger partial charge in [0.2, 0.25) is 0 Å². The summed E-state index contributed by atoms with van der Waals surface area (Å²) >= 11 is 1.23. The lowest BCUT2D eigenvalue weighted by atomic mass is 9.80. The molecule has 4 rings (SSSR count). The Morgan fingerprint density at radius 1 is 1.17 bits per heavy atom. The van der Waals surface area contributed by atoms with Crippen LogP contribution in [0.15, 0.2) is 59.6 Å². The zero-order chi connectivity index (χ0) is 25.9. The Balaban J connectivity index is 1.53. The number of halogens is 3. The van der Waals surface area contributed by atoms with Crippen LogP contribution in [0.5, 0.6) is 0 Å². The lowest BCUT2D eigenvalue weighted by Crippen LogP contribution is -2.43. The molecular weight excluding hydrogens is 489 g/mol. The quantitative estimate of drug-likeness (QED) is 0.346. The van der Waals surface area contributed by atoms with Gasteiger partial charge >= 0.3 is 12.1 Å². The third-order valence-corrected chi connectivity index (χ3v) is 7.35. The molecule has 0 atom stereocenters. The molecule has 6 nitrogen and oxygen atoms in total. The highest BCUT2D eigenvalue weighted by Crippen LogP contribution is 2.39. The molecule has 0 saturated carbocycles. The van der Waals surface area contributed by atoms with Crippen molar-refractivity contribution in [3.63, 3.8) is 0 Å². The number of anilines is 2. The molecule has 1 fully saturated rings. The van der Waals surface area contributed by atoms with E-state index in [1.807, 2.05) is 24.0 Å². The molecule has 0 spiro atoms. The number of nitrogens with zero attached hydrogens (tertiary/aromatic N) is 3. The number of carboxylic acids is 1. The molecular formula is C26H27F3N4O2S. The van der Waals surface area contributed by atoms with E-state index < -0.39 is 23.1 Å². The van der Waals surface area contributed by atoms with Crippen LogP contribution in [0.1, 0.15) is 37.8 Å². The summed E-state index contributed by atoms with van der Waals surface area (Å²) < 4.78 is 44.3. The predicted octanol–water partition coefficient (Wildman–Crippen LogP) is 6.54. The standard InChI is InChI=1S/C26H27F3N4O2S/c1-3-17-6-4-5-7-19(17)23-20(26(27,28)29)8-9-21(31-23)32-36-18-10-13-30-22(16-18)33-14-11-25(2,12-15-33)24(34)35/h4-10,13,16H,3,11-12,14-15H2,1-2H3,(H,31,32)(H,34,35). The average Bonchev–Trinajstić information content (AvgIpc) is 2.87. The number of piperidine rings is 1. The van der Waals surface area contributed by atoms with Gasteiger partial charge in [-0.25, -0.2) is 9.97 Å². The number of hydrogen-bond acceptors (Lipinski definition) is 6. The van der Waals surface area contributed by atoms with Crippen molar-refractivity contribution in [2.45, 2.75) is 44.2 Å². The highest BCUT2D eigenvalue weighted by Gasteiger charge is 2.37. The number of carboxylic acid groups (broad SMARTS) is 1. The highest BCUT2D eigenvalue weighted by molar-refractivity contribution is 8.00. The van der Waals surface area contributed by atoms with E-state index in [-0.39, 0.29) is 5.69 Å². The number of alkyl halides is 3. The average molecular weight is 517 g/mol. The van der Waals surface area contributed by atoms with Gasteiger partial charge in [0.05, 0.1) is 16.7 Å². The maximum atomic E-state index is 13.8. The van der Waals surface area contributed by atoms with Crippen molar-refractivity contribution in [3.05, 3.63) is 65.9 Å². The molecule has 0 amide bonds. The number of aliphatic carboxylic acids is 1. The third kappa shape index (κ3) is 5.59. The summed E-state index contributed by atoms with van der Waals surface area (Å²) in [5, 5.41) is 9.45. The smallest absolute Gasteiger partial charge is 0.418 e. The first-order valence-electron chi connectivity index (χ1n) is 11.6. The first-order valence-corrected chi connectivity index (χ1v) is 12.5. The summed E-state index contributed by atoms with van der Waals surface area (Å²) in [6.45, 7) is 4.83. The lowest BCUT2D eigenvalue weighted by molar-refractivity contribution is -0.149. The fraction of sp³-hybridized carbons (Fsp3) is 0.346. The van der Waals surface area contributed by atoms with E-state index in [0.29, 0.717) is 43.7 Å². The zero-order valence-corrected chi connectivity index (χ0v) is 20.8. The van der Waals surface area contributed by atoms with Gasteiger partial charge in [-0.1, -0.05) is 31.2 Å². The topological polar surface area (TPSA) is 78.4 Å². The van der Waals surface area contributed by atoms with Gasteiger partial charge in [-0.05, 0) is 68.0 Å². The summed E-state index contributed by atoms with van der Waals surface area (Å²) in [6, 6.07) is 13.0. The minimum atomic E-state index is -4.53. The fourth-order valence-electron chi connectivity index (χ4n) is 4.20. The second-order valence-electron chi connectivity index (χ2n) is 9.01. The number of rotatable bonds is 7. The van der Waals surface area contributed by atoms with E-state index in [0.717, 1.165) is 22.3 Å². The van der Waals surface area contributed by atoms with Crippen LogP contribution in [0.4, 0.5) is 24.8 Å². The summed E-state index contributed by atoms with van der Waals surface area (Å²) in [7, 11) is 0. The molecule has 2 aromatic heterocycles. The molecule has 0 radical (unpaired) electrons. The van der Waals surface area contributed by atoms with E-state index in [2.05, 4.69) is 14.7 Å². The Bertz CT molecular complexity index is 1240. The van der Waals surface area contributed by atoms with Crippen LogP contribution in [0.25, 0.3) is 11.3 Å². The number of carbonyl (C=O) groups is 1. The summed E-state index contributed by atoms with van der Waals surface area (Å²) in [5.74, 6) is 0.253. The third-order valence-electron chi connectivity index (χ3n) is 6.55. The molecule has 3 aromatic rings. The summed E-state index contributed by atoms with van der Waals surface area (Å²) in [6.07, 6.45) is -1.23. The van der Waals surface area contributed by atoms with Crippen LogP contribution < -0.4 is 9.62 Å². The Hall–Kier alpha value is -3.27. The molecule has 1 aliphatic rings. The largest absolute Gasteiger partial charge is 0.481 e. The molecule has 0 unspecified atom stereocenters. The Morgan fingerprint density at radius 3 is 2.56 bits per heavy atom. The predicted molar refractivity (Wildman–Crippen MR) is 135 cm³/mol. The van der Waals surface area contributed by atoms with Gasteiger partial charge in [-0.15, -0.1) is 0 Å². The lowest BCUT2D eigenvalue weighted by Gasteiger charge is -2.37. The summed E-state index contributed by atoms with van der Waals surface area (Å²) in [4.78, 5) is 23.1. The second kappa shape index (κ2) is 10.4. The normalized spacial score (nSPS) is 15.5. The van der Waals surface area contributed by atoms with Crippen LogP contribution in [0.2, 0.25) is 0 Å². The number of aryl methyl sites for hydroxylation is 1. The molecule has 36 heavy (non-hydrogen) atoms. The van der Waals surface area contributed by atoms with Crippen molar-refractivity contribution in [1.82, 2.24) is 9.97 Å². The van der Waals surface area contributed by atoms with E-state index in [9.17, 15) is 23.1 Å². The van der Waals surface area contributed by atoms with Gasteiger partial charge in [-0.2, -0.15) is 13.2 Å². The van der Waals surface area contributed by atoms with Gasteiger partial charge in [0, 0.05) is 29.7 Å². The van der Waals surface area contributed by atoms with Crippen molar-refractivity contribution >= 4 is 29.6 Å². The molecule has 0 bridgehead atoms. The Labute approximate surface area is 212 Å². The molecule has 0 aliphatic carbocycles. The van der Waals surface area contributed by atoms with Crippen molar-refractivity contribution in [1.29, 1.82) is 0 Å². The first kappa shape index (κ1) is 25.8. The van der Waals surface area contributed by atoms with Crippen molar-refractivity contribution in [2.75, 3.05) is 22.7 Å². The SMILES string of the molecule is CCc1ccccc1-c1nc(NSc2ccnc(N3CCC(C)(C(=O)O)CC3)c2)ccc1C(F)(F)F. The molecule has 1 aromatic carbocycles. The van der Waals surface area contributed by atoms with Crippen molar-refractivity contribution in [3.8, 4) is 11.3 Å². The van der Waals surface area contributed by atoms with E-state index in [1.165, 1.54) is 18.0 Å². The Kier molecular flexibility index (Phi) is 7.44. The van der Waals surface area contributed by atoms with Crippen LogP contribution in [-0.2, 0) is 17.4 Å². The minimum Gasteiger partial charge on any atom is -0.481 e. The number of benzene rings is 1. The highest BCUT2D eigenvalue weighted by atomic mass is 32.2. The molecule has 1 aliphatic heterocycles. The van der Waals surface area contributed by atoms with Crippen molar-refractivity contribution in [2.24, 2.45) is 5.41 Å². The summed E-state index contributed by atoms with van der Waals surface area (Å²) in [5.41, 5.74) is -0.350. The maximum absolute atomic E-state index is 13.8. The second-order valence-corrected chi connectivity index (χ2v) is 9.89. The number of aromatic nitrogens is 2. The molecule has 10 heteroatoms. The first-order chi connectivity index (χ1) is 17.1. The molecule has 2 N–H and O–H groups in total. The molecule has 1 saturated heterocycles. The fourth-order valence-corrected chi connectivity index (χ4v) is 4.83. The molecule has 3 heterocycles. The monoisotopic (exact) mass is 516 g/mol. The van der Waals surface area contributed by atoms with Crippen LogP contribution in [-0.4, -0.2) is 34.1 Å². The number of nitrogens with one attached hydrogen (secondary N) is 1. The van der Waals surface area contributed by atoms with Crippen LogP contribution in [0, 0.1) is 5.41 Å². The van der Waals surface area contributed by atoms with Crippen LogP contribution >= 0.6 is 11.9 Å². The van der Waals surface area contributed by atoms with E-state index in [4.69, 9.17) is 0 Å². The van der Waals surface area contributed by atoms with Gasteiger partial charge in [0.25, 0.3) is 0 Å². The van der Waals surface area contributed by atoms with E-state index >= 15 is 0 Å². The van der Waals surface area contributed by atoms with E-state index in [1.54, 1.807) is 37.4 Å². The maximum Gasteiger partial charge on any atom is 0.418 e.